The zero-order valence-electron chi connectivity index (χ0n) is 13.2. The van der Waals surface area contributed by atoms with E-state index in [1.807, 2.05) is 0 Å². The molecule has 2 atom stereocenters. The molecule has 3 heteroatoms. The first-order chi connectivity index (χ1) is 10.3. The van der Waals surface area contributed by atoms with Crippen LogP contribution in [0.25, 0.3) is 0 Å². The Bertz CT molecular complexity index is 443. The molecule has 1 N–H and O–H groups in total. The molecule has 0 spiro atoms. The van der Waals surface area contributed by atoms with Crippen LogP contribution in [0, 0.1) is 5.92 Å². The van der Waals surface area contributed by atoms with E-state index in [-0.39, 0.29) is 0 Å². The maximum absolute atomic E-state index is 6.20. The molecule has 0 amide bonds. The summed E-state index contributed by atoms with van der Waals surface area (Å²) in [7, 11) is 2.18. The van der Waals surface area contributed by atoms with Crippen molar-refractivity contribution >= 4 is 0 Å². The Labute approximate surface area is 128 Å². The molecular weight excluding hydrogens is 260 g/mol. The second-order valence-electron chi connectivity index (χ2n) is 6.71. The fraction of sp³-hybridized carbons (Fsp3) is 0.667. The van der Waals surface area contributed by atoms with Crippen LogP contribution in [0.3, 0.4) is 0 Å². The summed E-state index contributed by atoms with van der Waals surface area (Å²) in [6.45, 7) is 4.61. The minimum absolute atomic E-state index is 0.357. The van der Waals surface area contributed by atoms with Gasteiger partial charge in [-0.1, -0.05) is 12.1 Å². The van der Waals surface area contributed by atoms with Gasteiger partial charge in [0, 0.05) is 6.54 Å². The summed E-state index contributed by atoms with van der Waals surface area (Å²) < 4.78 is 6.20. The molecule has 0 saturated carbocycles. The van der Waals surface area contributed by atoms with Gasteiger partial charge in [0.2, 0.25) is 0 Å². The van der Waals surface area contributed by atoms with Gasteiger partial charge in [-0.3, -0.25) is 0 Å². The molecule has 0 bridgehead atoms. The maximum atomic E-state index is 6.20. The van der Waals surface area contributed by atoms with E-state index < -0.39 is 0 Å². The summed E-state index contributed by atoms with van der Waals surface area (Å²) in [5.41, 5.74) is 1.42. The first kappa shape index (κ1) is 14.9. The molecule has 2 heterocycles. The minimum Gasteiger partial charge on any atom is -0.489 e. The molecule has 2 aliphatic heterocycles. The third-order valence-electron chi connectivity index (χ3n) is 4.71. The lowest BCUT2D eigenvalue weighted by atomic mass is 9.92. The predicted molar refractivity (Wildman–Crippen MR) is 86.9 cm³/mol. The van der Waals surface area contributed by atoms with Crippen molar-refractivity contribution in [2.45, 2.75) is 38.2 Å². The van der Waals surface area contributed by atoms with Gasteiger partial charge in [0.05, 0.1) is 0 Å². The van der Waals surface area contributed by atoms with Crippen LogP contribution in [-0.2, 0) is 6.42 Å². The van der Waals surface area contributed by atoms with Crippen molar-refractivity contribution in [1.82, 2.24) is 10.2 Å². The van der Waals surface area contributed by atoms with E-state index in [9.17, 15) is 0 Å². The molecule has 2 unspecified atom stereocenters. The van der Waals surface area contributed by atoms with Crippen LogP contribution in [0.15, 0.2) is 24.3 Å². The van der Waals surface area contributed by atoms with Crippen LogP contribution in [0.2, 0.25) is 0 Å². The average molecular weight is 288 g/mol. The van der Waals surface area contributed by atoms with Crippen LogP contribution in [0.5, 0.6) is 5.75 Å². The third kappa shape index (κ3) is 4.45. The van der Waals surface area contributed by atoms with Gasteiger partial charge in [-0.15, -0.1) is 0 Å². The average Bonchev–Trinajstić information content (AvgIpc) is 2.49. The summed E-state index contributed by atoms with van der Waals surface area (Å²) in [6, 6.07) is 8.75. The van der Waals surface area contributed by atoms with E-state index in [1.54, 1.807) is 0 Å². The van der Waals surface area contributed by atoms with E-state index in [4.69, 9.17) is 4.74 Å². The van der Waals surface area contributed by atoms with Crippen molar-refractivity contribution < 1.29 is 4.74 Å². The molecule has 2 saturated heterocycles. The molecule has 3 nitrogen and oxygen atoms in total. The number of hydrogen-bond donors (Lipinski definition) is 1. The molecule has 116 valence electrons. The monoisotopic (exact) mass is 288 g/mol. The molecule has 2 fully saturated rings. The number of nitrogens with one attached hydrogen (secondary N) is 1. The van der Waals surface area contributed by atoms with Crippen LogP contribution in [-0.4, -0.2) is 44.2 Å². The Morgan fingerprint density at radius 2 is 2.24 bits per heavy atom. The van der Waals surface area contributed by atoms with Crippen LogP contribution < -0.4 is 10.1 Å². The summed E-state index contributed by atoms with van der Waals surface area (Å²) >= 11 is 0. The van der Waals surface area contributed by atoms with Gasteiger partial charge in [-0.2, -0.15) is 0 Å². The van der Waals surface area contributed by atoms with Crippen LogP contribution >= 0.6 is 0 Å². The fourth-order valence-electron chi connectivity index (χ4n) is 3.59. The number of rotatable bonds is 4. The lowest BCUT2D eigenvalue weighted by Gasteiger charge is -2.30. The highest BCUT2D eigenvalue weighted by Crippen LogP contribution is 2.22. The summed E-state index contributed by atoms with van der Waals surface area (Å²) in [4.78, 5) is 2.37. The third-order valence-corrected chi connectivity index (χ3v) is 4.71. The highest BCUT2D eigenvalue weighted by Gasteiger charge is 2.19. The van der Waals surface area contributed by atoms with Crippen LogP contribution in [0.4, 0.5) is 0 Å². The number of piperidine rings is 2. The van der Waals surface area contributed by atoms with Gasteiger partial charge in [0.1, 0.15) is 11.9 Å². The minimum atomic E-state index is 0.357. The molecule has 1 aromatic rings. The van der Waals surface area contributed by atoms with Gasteiger partial charge >= 0.3 is 0 Å². The molecule has 2 aliphatic rings. The van der Waals surface area contributed by atoms with Gasteiger partial charge in [-0.05, 0) is 82.4 Å². The number of ether oxygens (including phenoxy) is 1. The van der Waals surface area contributed by atoms with Crippen molar-refractivity contribution in [2.75, 3.05) is 33.2 Å². The molecule has 1 aromatic carbocycles. The quantitative estimate of drug-likeness (QED) is 0.922. The number of likely N-dealkylation sites (tertiary alicyclic amines) is 1. The lowest BCUT2D eigenvalue weighted by molar-refractivity contribution is 0.104. The van der Waals surface area contributed by atoms with Crippen molar-refractivity contribution in [3.8, 4) is 5.75 Å². The highest BCUT2D eigenvalue weighted by atomic mass is 16.5. The van der Waals surface area contributed by atoms with Gasteiger partial charge in [-0.25, -0.2) is 0 Å². The Morgan fingerprint density at radius 1 is 1.29 bits per heavy atom. The number of nitrogens with zero attached hydrogens (tertiary/aromatic N) is 1. The van der Waals surface area contributed by atoms with Crippen molar-refractivity contribution in [3.63, 3.8) is 0 Å². The maximum Gasteiger partial charge on any atom is 0.120 e. The second kappa shape index (κ2) is 7.28. The summed E-state index contributed by atoms with van der Waals surface area (Å²) in [5.74, 6) is 1.84. The summed E-state index contributed by atoms with van der Waals surface area (Å²) in [5, 5.41) is 3.50. The Balaban J connectivity index is 1.57. The molecule has 0 aromatic heterocycles. The molecule has 21 heavy (non-hydrogen) atoms. The fourth-order valence-corrected chi connectivity index (χ4v) is 3.59. The number of benzene rings is 1. The van der Waals surface area contributed by atoms with E-state index in [0.29, 0.717) is 6.10 Å². The zero-order chi connectivity index (χ0) is 14.5. The Morgan fingerprint density at radius 3 is 3.05 bits per heavy atom. The van der Waals surface area contributed by atoms with Gasteiger partial charge in [0.15, 0.2) is 0 Å². The molecule has 0 aliphatic carbocycles. The smallest absolute Gasteiger partial charge is 0.120 e. The van der Waals surface area contributed by atoms with Crippen molar-refractivity contribution in [2.24, 2.45) is 5.92 Å². The molecule has 3 rings (SSSR count). The van der Waals surface area contributed by atoms with E-state index in [1.165, 1.54) is 57.3 Å². The van der Waals surface area contributed by atoms with E-state index in [2.05, 4.69) is 41.5 Å². The zero-order valence-corrected chi connectivity index (χ0v) is 13.2. The van der Waals surface area contributed by atoms with Crippen molar-refractivity contribution in [3.05, 3.63) is 29.8 Å². The Hall–Kier alpha value is -1.06. The first-order valence-corrected chi connectivity index (χ1v) is 8.44. The standard InChI is InChI=1S/C18H28N2O/c1-20-10-4-8-18(14-20)21-17-7-2-5-15(12-17)11-16-6-3-9-19-13-16/h2,5,7,12,16,18-19H,3-4,6,8-11,13-14H2,1H3. The topological polar surface area (TPSA) is 24.5 Å². The largest absolute Gasteiger partial charge is 0.489 e. The molecular formula is C18H28N2O. The molecule has 0 radical (unpaired) electrons. The SMILES string of the molecule is CN1CCCC(Oc2cccc(CC3CCCNC3)c2)C1. The van der Waals surface area contributed by atoms with Crippen molar-refractivity contribution in [1.29, 1.82) is 0 Å². The highest BCUT2D eigenvalue weighted by molar-refractivity contribution is 5.29. The Kier molecular flexibility index (Phi) is 5.15. The number of hydrogen-bond acceptors (Lipinski definition) is 3. The van der Waals surface area contributed by atoms with Crippen LogP contribution in [0.1, 0.15) is 31.2 Å². The predicted octanol–water partition coefficient (Wildman–Crippen LogP) is 2.70. The summed E-state index contributed by atoms with van der Waals surface area (Å²) in [6.07, 6.45) is 6.63. The number of likely N-dealkylation sites (N-methyl/N-ethyl adjacent to an activating group) is 1. The normalized spacial score (nSPS) is 27.5. The van der Waals surface area contributed by atoms with E-state index >= 15 is 0 Å². The first-order valence-electron chi connectivity index (χ1n) is 8.44. The second-order valence-corrected chi connectivity index (χ2v) is 6.71. The lowest BCUT2D eigenvalue weighted by Crippen LogP contribution is -2.38. The van der Waals surface area contributed by atoms with Gasteiger partial charge < -0.3 is 15.0 Å². The van der Waals surface area contributed by atoms with E-state index in [0.717, 1.165) is 18.2 Å². The van der Waals surface area contributed by atoms with Gasteiger partial charge in [0.25, 0.3) is 0 Å².